The van der Waals surface area contributed by atoms with E-state index in [9.17, 15) is 23.6 Å². The highest BCUT2D eigenvalue weighted by Gasteiger charge is 2.40. The number of rotatable bonds is 6. The quantitative estimate of drug-likeness (QED) is 0.342. The van der Waals surface area contributed by atoms with E-state index in [0.29, 0.717) is 10.4 Å². The Labute approximate surface area is 215 Å². The van der Waals surface area contributed by atoms with Crippen molar-refractivity contribution in [2.75, 3.05) is 5.32 Å². The van der Waals surface area contributed by atoms with Gasteiger partial charge in [0, 0.05) is 37.1 Å². The highest BCUT2D eigenvalue weighted by Crippen LogP contribution is 2.38. The summed E-state index contributed by atoms with van der Waals surface area (Å²) in [7, 11) is 0. The SMILES string of the molecule is Cc1nocc1C(=O)N[C@H](C(=O)Nc1ccc(-c2c(Cl)cc[n+]([O-])c2C)c(F)c1)C1CCC(F)(F)CC1. The fraction of sp³-hybridized carbons (Fsp3) is 0.360. The van der Waals surface area contributed by atoms with E-state index in [1.807, 2.05) is 0 Å². The van der Waals surface area contributed by atoms with Crippen molar-refractivity contribution in [2.24, 2.45) is 5.92 Å². The number of nitrogens with zero attached hydrogens (tertiary/aromatic N) is 2. The zero-order valence-electron chi connectivity index (χ0n) is 20.0. The van der Waals surface area contributed by atoms with Gasteiger partial charge >= 0.3 is 0 Å². The molecule has 1 aliphatic rings. The van der Waals surface area contributed by atoms with Crippen molar-refractivity contribution >= 4 is 29.1 Å². The van der Waals surface area contributed by atoms with E-state index < -0.39 is 48.4 Å². The van der Waals surface area contributed by atoms with Crippen molar-refractivity contribution in [2.45, 2.75) is 51.5 Å². The lowest BCUT2D eigenvalue weighted by Gasteiger charge is -2.33. The molecule has 8 nitrogen and oxygen atoms in total. The Morgan fingerprint density at radius 2 is 1.95 bits per heavy atom. The number of hydrogen-bond acceptors (Lipinski definition) is 5. The van der Waals surface area contributed by atoms with Crippen molar-refractivity contribution in [3.05, 3.63) is 69.7 Å². The van der Waals surface area contributed by atoms with Gasteiger partial charge in [-0.05, 0) is 43.9 Å². The first kappa shape index (κ1) is 26.5. The number of carbonyl (C=O) groups excluding carboxylic acids is 2. The molecule has 1 aromatic carbocycles. The zero-order valence-corrected chi connectivity index (χ0v) is 20.7. The molecule has 0 aliphatic heterocycles. The van der Waals surface area contributed by atoms with Crippen LogP contribution in [-0.4, -0.2) is 28.9 Å². The number of alkyl halides is 2. The standard InChI is InChI=1S/C25H24ClF3N4O4/c1-13-18(12-37-32-13)23(34)31-22(15-5-8-25(28,29)9-6-15)24(35)30-16-3-4-17(20(27)11-16)21-14(2)33(36)10-7-19(21)26/h3-4,7,10-12,15,22H,5-6,8-9H2,1-2H3,(H,30,35)(H,31,34)/t22-/m0/s1. The maximum atomic E-state index is 15.1. The van der Waals surface area contributed by atoms with Crippen LogP contribution >= 0.6 is 11.6 Å². The second kappa shape index (κ2) is 10.4. The number of pyridine rings is 1. The molecular weight excluding hydrogens is 513 g/mol. The molecule has 1 fully saturated rings. The third-order valence-electron chi connectivity index (χ3n) is 6.59. The summed E-state index contributed by atoms with van der Waals surface area (Å²) in [6.45, 7) is 3.05. The Balaban J connectivity index is 1.57. The van der Waals surface area contributed by atoms with Crippen molar-refractivity contribution < 1.29 is 32.0 Å². The Morgan fingerprint density at radius 3 is 2.57 bits per heavy atom. The van der Waals surface area contributed by atoms with E-state index in [1.165, 1.54) is 31.3 Å². The third kappa shape index (κ3) is 5.71. The third-order valence-corrected chi connectivity index (χ3v) is 6.91. The molecule has 2 amide bonds. The minimum atomic E-state index is -2.83. The van der Waals surface area contributed by atoms with Gasteiger partial charge < -0.3 is 20.4 Å². The summed E-state index contributed by atoms with van der Waals surface area (Å²) in [6, 6.07) is 4.04. The van der Waals surface area contributed by atoms with Gasteiger partial charge in [-0.2, -0.15) is 4.73 Å². The van der Waals surface area contributed by atoms with Crippen LogP contribution in [0.25, 0.3) is 11.1 Å². The number of hydrogen-bond donors (Lipinski definition) is 2. The van der Waals surface area contributed by atoms with Crippen LogP contribution in [0.15, 0.2) is 41.2 Å². The summed E-state index contributed by atoms with van der Waals surface area (Å²) in [5.41, 5.74) is 0.968. The first-order valence-corrected chi connectivity index (χ1v) is 11.9. The number of aryl methyl sites for hydroxylation is 1. The Hall–Kier alpha value is -3.60. The van der Waals surface area contributed by atoms with Crippen molar-refractivity contribution in [1.82, 2.24) is 10.5 Å². The van der Waals surface area contributed by atoms with Crippen LogP contribution in [0.4, 0.5) is 18.9 Å². The smallest absolute Gasteiger partial charge is 0.257 e. The molecule has 1 atom stereocenters. The predicted molar refractivity (Wildman–Crippen MR) is 129 cm³/mol. The molecule has 0 saturated heterocycles. The monoisotopic (exact) mass is 536 g/mol. The summed E-state index contributed by atoms with van der Waals surface area (Å²) in [5.74, 6) is -5.46. The van der Waals surface area contributed by atoms with Gasteiger partial charge in [-0.25, -0.2) is 13.2 Å². The normalized spacial score (nSPS) is 16.3. The molecule has 0 bridgehead atoms. The van der Waals surface area contributed by atoms with E-state index in [0.717, 1.165) is 12.3 Å². The number of benzene rings is 1. The number of aromatic nitrogens is 2. The van der Waals surface area contributed by atoms with E-state index in [4.69, 9.17) is 16.1 Å². The highest BCUT2D eigenvalue weighted by atomic mass is 35.5. The Morgan fingerprint density at radius 1 is 1.24 bits per heavy atom. The van der Waals surface area contributed by atoms with E-state index in [2.05, 4.69) is 15.8 Å². The number of amides is 2. The molecule has 2 aromatic heterocycles. The lowest BCUT2D eigenvalue weighted by atomic mass is 9.81. The number of carbonyl (C=O) groups is 2. The maximum Gasteiger partial charge on any atom is 0.257 e. The fourth-order valence-corrected chi connectivity index (χ4v) is 4.77. The Bertz CT molecular complexity index is 1340. The molecule has 1 saturated carbocycles. The number of halogens is 4. The Kier molecular flexibility index (Phi) is 7.44. The van der Waals surface area contributed by atoms with Crippen molar-refractivity contribution in [1.29, 1.82) is 0 Å². The van der Waals surface area contributed by atoms with E-state index in [-0.39, 0.29) is 45.9 Å². The molecule has 196 valence electrons. The van der Waals surface area contributed by atoms with E-state index in [1.54, 1.807) is 6.92 Å². The molecule has 2 heterocycles. The topological polar surface area (TPSA) is 111 Å². The summed E-state index contributed by atoms with van der Waals surface area (Å²) >= 11 is 6.19. The molecule has 37 heavy (non-hydrogen) atoms. The van der Waals surface area contributed by atoms with Gasteiger partial charge in [-0.3, -0.25) is 9.59 Å². The van der Waals surface area contributed by atoms with Crippen LogP contribution in [-0.2, 0) is 4.79 Å². The van der Waals surface area contributed by atoms with Gasteiger partial charge in [0.05, 0.1) is 16.3 Å². The zero-order chi connectivity index (χ0) is 26.9. The fourth-order valence-electron chi connectivity index (χ4n) is 4.47. The lowest BCUT2D eigenvalue weighted by Crippen LogP contribution is -2.50. The molecule has 3 aromatic rings. The highest BCUT2D eigenvalue weighted by molar-refractivity contribution is 6.33. The minimum absolute atomic E-state index is 0.0161. The van der Waals surface area contributed by atoms with Crippen LogP contribution in [0.5, 0.6) is 0 Å². The molecule has 0 radical (unpaired) electrons. The summed E-state index contributed by atoms with van der Waals surface area (Å²) < 4.78 is 47.9. The van der Waals surface area contributed by atoms with Crippen LogP contribution in [0.3, 0.4) is 0 Å². The van der Waals surface area contributed by atoms with Crippen molar-refractivity contribution in [3.8, 4) is 11.1 Å². The van der Waals surface area contributed by atoms with E-state index >= 15 is 4.39 Å². The molecule has 1 aliphatic carbocycles. The first-order chi connectivity index (χ1) is 17.5. The van der Waals surface area contributed by atoms with Gasteiger partial charge in [0.1, 0.15) is 23.7 Å². The van der Waals surface area contributed by atoms with Crippen LogP contribution < -0.4 is 15.4 Å². The van der Waals surface area contributed by atoms with Crippen molar-refractivity contribution in [3.63, 3.8) is 0 Å². The molecule has 4 rings (SSSR count). The molecular formula is C25H24ClF3N4O4. The summed E-state index contributed by atoms with van der Waals surface area (Å²) in [4.78, 5) is 26.0. The molecule has 0 unspecified atom stereocenters. The van der Waals surface area contributed by atoms with Crippen LogP contribution in [0.1, 0.15) is 47.4 Å². The van der Waals surface area contributed by atoms with Gasteiger partial charge in [0.25, 0.3) is 5.91 Å². The largest absolute Gasteiger partial charge is 0.618 e. The lowest BCUT2D eigenvalue weighted by molar-refractivity contribution is -0.611. The minimum Gasteiger partial charge on any atom is -0.618 e. The predicted octanol–water partition coefficient (Wildman–Crippen LogP) is 4.95. The second-order valence-electron chi connectivity index (χ2n) is 9.09. The van der Waals surface area contributed by atoms with Gasteiger partial charge in [0.15, 0.2) is 11.9 Å². The van der Waals surface area contributed by atoms with Crippen LogP contribution in [0.2, 0.25) is 5.02 Å². The maximum absolute atomic E-state index is 15.1. The number of nitrogens with one attached hydrogen (secondary N) is 2. The molecule has 0 spiro atoms. The molecule has 2 N–H and O–H groups in total. The second-order valence-corrected chi connectivity index (χ2v) is 9.50. The summed E-state index contributed by atoms with van der Waals surface area (Å²) in [6.07, 6.45) is 1.55. The average molecular weight is 537 g/mol. The summed E-state index contributed by atoms with van der Waals surface area (Å²) in [5, 5.41) is 20.9. The average Bonchev–Trinajstić information content (AvgIpc) is 3.27. The first-order valence-electron chi connectivity index (χ1n) is 11.6. The van der Waals surface area contributed by atoms with Gasteiger partial charge in [-0.15, -0.1) is 0 Å². The van der Waals surface area contributed by atoms with Gasteiger partial charge in [-0.1, -0.05) is 16.8 Å². The van der Waals surface area contributed by atoms with Gasteiger partial charge in [0.2, 0.25) is 11.8 Å². The molecule has 12 heteroatoms. The van der Waals surface area contributed by atoms with Crippen LogP contribution in [0, 0.1) is 30.8 Å². The number of anilines is 1.